The van der Waals surface area contributed by atoms with Crippen LogP contribution in [0.2, 0.25) is 0 Å². The number of rotatable bonds is 2. The molecule has 2 heteroatoms. The van der Waals surface area contributed by atoms with Crippen molar-refractivity contribution in [3.63, 3.8) is 0 Å². The minimum atomic E-state index is 0.0558. The quantitative estimate of drug-likeness (QED) is 0.694. The molecule has 0 spiro atoms. The van der Waals surface area contributed by atoms with Gasteiger partial charge in [-0.25, -0.2) is 0 Å². The van der Waals surface area contributed by atoms with Crippen molar-refractivity contribution in [3.05, 3.63) is 41.0 Å². The van der Waals surface area contributed by atoms with Crippen molar-refractivity contribution in [1.29, 1.82) is 0 Å². The summed E-state index contributed by atoms with van der Waals surface area (Å²) in [7, 11) is 1.62. The summed E-state index contributed by atoms with van der Waals surface area (Å²) in [6.45, 7) is 10.9. The fourth-order valence-electron chi connectivity index (χ4n) is 3.90. The molecule has 0 aliphatic heterocycles. The highest BCUT2D eigenvalue weighted by molar-refractivity contribution is 6.10. The van der Waals surface area contributed by atoms with Crippen molar-refractivity contribution in [3.8, 4) is 5.75 Å². The first-order chi connectivity index (χ1) is 10.7. The molecule has 122 valence electrons. The Morgan fingerprint density at radius 1 is 1.00 bits per heavy atom. The summed E-state index contributed by atoms with van der Waals surface area (Å²) in [6, 6.07) is 8.51. The van der Waals surface area contributed by atoms with Gasteiger partial charge in [-0.3, -0.25) is 4.79 Å². The zero-order valence-corrected chi connectivity index (χ0v) is 15.0. The first kappa shape index (κ1) is 16.0. The van der Waals surface area contributed by atoms with Crippen LogP contribution in [-0.2, 0) is 10.8 Å². The molecule has 0 atom stereocenters. The maximum atomic E-state index is 12.2. The predicted molar refractivity (Wildman–Crippen MR) is 95.8 cm³/mol. The largest absolute Gasteiger partial charge is 0.496 e. The van der Waals surface area contributed by atoms with Crippen molar-refractivity contribution < 1.29 is 9.53 Å². The molecule has 1 aliphatic carbocycles. The number of ether oxygens (including phenoxy) is 1. The van der Waals surface area contributed by atoms with Crippen LogP contribution in [0.3, 0.4) is 0 Å². The number of ketones is 1. The van der Waals surface area contributed by atoms with E-state index in [1.807, 2.05) is 6.07 Å². The van der Waals surface area contributed by atoms with E-state index in [-0.39, 0.29) is 16.6 Å². The number of hydrogen-bond donors (Lipinski definition) is 0. The molecule has 2 nitrogen and oxygen atoms in total. The van der Waals surface area contributed by atoms with Gasteiger partial charge in [0.2, 0.25) is 0 Å². The average molecular weight is 310 g/mol. The third-order valence-electron chi connectivity index (χ3n) is 5.52. The van der Waals surface area contributed by atoms with Gasteiger partial charge in [0.05, 0.1) is 12.7 Å². The second kappa shape index (κ2) is 5.09. The smallest absolute Gasteiger partial charge is 0.164 e. The van der Waals surface area contributed by atoms with Crippen LogP contribution in [0.4, 0.5) is 0 Å². The molecule has 2 aromatic rings. The van der Waals surface area contributed by atoms with Crippen molar-refractivity contribution in [2.45, 2.75) is 58.3 Å². The van der Waals surface area contributed by atoms with Crippen molar-refractivity contribution in [2.24, 2.45) is 0 Å². The Kier molecular flexibility index (Phi) is 3.55. The summed E-state index contributed by atoms with van der Waals surface area (Å²) in [5.74, 6) is 0.720. The number of Topliss-reactive ketones (excluding diaryl/α,β-unsaturated/α-hetero) is 1. The predicted octanol–water partition coefficient (Wildman–Crippen LogP) is 5.40. The van der Waals surface area contributed by atoms with Crippen LogP contribution in [0.1, 0.15) is 68.9 Å². The Balaban J connectivity index is 2.41. The van der Waals surface area contributed by atoms with Crippen LogP contribution >= 0.6 is 0 Å². The van der Waals surface area contributed by atoms with Crippen molar-refractivity contribution in [1.82, 2.24) is 0 Å². The van der Waals surface area contributed by atoms with Gasteiger partial charge in [0.15, 0.2) is 5.78 Å². The fraction of sp³-hybridized carbons (Fsp3) is 0.476. The standard InChI is InChI=1S/C21H26O2/c1-13(22)19-15-12-17-16(11-14(15)7-8-18(19)23-6)20(2,3)9-10-21(17,4)5/h7-8,11-12H,9-10H2,1-6H3. The number of carbonyl (C=O) groups is 1. The van der Waals surface area contributed by atoms with Crippen LogP contribution in [-0.4, -0.2) is 12.9 Å². The number of fused-ring (bicyclic) bond motifs is 2. The van der Waals surface area contributed by atoms with Gasteiger partial charge in [0.1, 0.15) is 5.75 Å². The van der Waals surface area contributed by atoms with Crippen LogP contribution in [0.5, 0.6) is 5.75 Å². The lowest BCUT2D eigenvalue weighted by Gasteiger charge is -2.42. The Morgan fingerprint density at radius 3 is 2.09 bits per heavy atom. The van der Waals surface area contributed by atoms with Gasteiger partial charge in [-0.1, -0.05) is 39.8 Å². The second-order valence-corrected chi connectivity index (χ2v) is 8.09. The maximum Gasteiger partial charge on any atom is 0.164 e. The highest BCUT2D eigenvalue weighted by atomic mass is 16.5. The first-order valence-electron chi connectivity index (χ1n) is 8.34. The minimum Gasteiger partial charge on any atom is -0.496 e. The average Bonchev–Trinajstić information content (AvgIpc) is 2.49. The molecule has 0 amide bonds. The molecule has 0 radical (unpaired) electrons. The molecular weight excluding hydrogens is 284 g/mol. The molecule has 0 aromatic heterocycles. The van der Waals surface area contributed by atoms with E-state index in [4.69, 9.17) is 4.74 Å². The number of methoxy groups -OCH3 is 1. The fourth-order valence-corrected chi connectivity index (χ4v) is 3.90. The topological polar surface area (TPSA) is 26.3 Å². The van der Waals surface area contributed by atoms with Gasteiger partial charge in [-0.2, -0.15) is 0 Å². The Morgan fingerprint density at radius 2 is 1.57 bits per heavy atom. The van der Waals surface area contributed by atoms with Gasteiger partial charge < -0.3 is 4.74 Å². The maximum absolute atomic E-state index is 12.2. The number of hydrogen-bond acceptors (Lipinski definition) is 2. The van der Waals surface area contributed by atoms with Gasteiger partial charge in [0.25, 0.3) is 0 Å². The number of benzene rings is 2. The Labute approximate surface area is 138 Å². The van der Waals surface area contributed by atoms with E-state index < -0.39 is 0 Å². The number of carbonyl (C=O) groups excluding carboxylic acids is 1. The summed E-state index contributed by atoms with van der Waals surface area (Å²) in [6.07, 6.45) is 2.35. The van der Waals surface area contributed by atoms with Gasteiger partial charge in [-0.05, 0) is 64.6 Å². The highest BCUT2D eigenvalue weighted by Crippen LogP contribution is 2.47. The first-order valence-corrected chi connectivity index (χ1v) is 8.34. The van der Waals surface area contributed by atoms with Crippen molar-refractivity contribution in [2.75, 3.05) is 7.11 Å². The summed E-state index contributed by atoms with van der Waals surface area (Å²) in [5, 5.41) is 2.14. The van der Waals surface area contributed by atoms with Crippen LogP contribution in [0.15, 0.2) is 24.3 Å². The summed E-state index contributed by atoms with van der Waals surface area (Å²) < 4.78 is 5.43. The van der Waals surface area contributed by atoms with E-state index in [0.29, 0.717) is 11.3 Å². The normalized spacial score (nSPS) is 18.5. The van der Waals surface area contributed by atoms with Gasteiger partial charge in [-0.15, -0.1) is 0 Å². The third-order valence-corrected chi connectivity index (χ3v) is 5.52. The molecule has 0 fully saturated rings. The van der Waals surface area contributed by atoms with Gasteiger partial charge >= 0.3 is 0 Å². The van der Waals surface area contributed by atoms with E-state index in [1.54, 1.807) is 14.0 Å². The highest BCUT2D eigenvalue weighted by Gasteiger charge is 2.37. The van der Waals surface area contributed by atoms with Crippen LogP contribution in [0.25, 0.3) is 10.8 Å². The molecule has 0 bridgehead atoms. The lowest BCUT2D eigenvalue weighted by molar-refractivity contribution is 0.101. The molecule has 0 saturated carbocycles. The molecule has 0 unspecified atom stereocenters. The molecule has 23 heavy (non-hydrogen) atoms. The third kappa shape index (κ3) is 2.45. The lowest BCUT2D eigenvalue weighted by atomic mass is 9.62. The molecule has 2 aromatic carbocycles. The van der Waals surface area contributed by atoms with E-state index in [9.17, 15) is 4.79 Å². The minimum absolute atomic E-state index is 0.0558. The second-order valence-electron chi connectivity index (χ2n) is 8.09. The van der Waals surface area contributed by atoms with Gasteiger partial charge in [0, 0.05) is 0 Å². The van der Waals surface area contributed by atoms with Crippen molar-refractivity contribution >= 4 is 16.6 Å². The molecule has 0 saturated heterocycles. The van der Waals surface area contributed by atoms with E-state index in [0.717, 1.165) is 17.2 Å². The molecule has 0 N–H and O–H groups in total. The zero-order chi connectivity index (χ0) is 17.0. The zero-order valence-electron chi connectivity index (χ0n) is 15.0. The summed E-state index contributed by atoms with van der Waals surface area (Å²) >= 11 is 0. The van der Waals surface area contributed by atoms with E-state index in [1.165, 1.54) is 17.5 Å². The Bertz CT molecular complexity index is 797. The molecular formula is C21H26O2. The van der Waals surface area contributed by atoms with Crippen LogP contribution in [0, 0.1) is 0 Å². The summed E-state index contributed by atoms with van der Waals surface area (Å²) in [5.41, 5.74) is 3.80. The lowest BCUT2D eigenvalue weighted by Crippen LogP contribution is -2.33. The van der Waals surface area contributed by atoms with E-state index in [2.05, 4.69) is 45.9 Å². The monoisotopic (exact) mass is 310 g/mol. The molecule has 3 rings (SSSR count). The molecule has 0 heterocycles. The Hall–Kier alpha value is -1.83. The van der Waals surface area contributed by atoms with Crippen LogP contribution < -0.4 is 4.74 Å². The van der Waals surface area contributed by atoms with E-state index >= 15 is 0 Å². The summed E-state index contributed by atoms with van der Waals surface area (Å²) in [4.78, 5) is 12.2. The SMILES string of the molecule is COc1ccc2cc3c(cc2c1C(C)=O)C(C)(C)CCC3(C)C. The molecule has 1 aliphatic rings.